The number of phenolic OH excluding ortho intramolecular Hbond substituents is 1. The van der Waals surface area contributed by atoms with Gasteiger partial charge in [-0.05, 0) is 0 Å². The van der Waals surface area contributed by atoms with E-state index in [0.29, 0.717) is 10.9 Å². The molecule has 0 spiro atoms. The number of nitro benzene ring substituents is 1. The van der Waals surface area contributed by atoms with Gasteiger partial charge in [0.05, 0.1) is 16.6 Å². The van der Waals surface area contributed by atoms with Crippen LogP contribution in [0.25, 0.3) is 10.9 Å². The number of aromatic amines is 1. The summed E-state index contributed by atoms with van der Waals surface area (Å²) < 4.78 is 0. The summed E-state index contributed by atoms with van der Waals surface area (Å²) in [6.07, 6.45) is 1.46. The van der Waals surface area contributed by atoms with Crippen molar-refractivity contribution in [2.75, 3.05) is 0 Å². The summed E-state index contributed by atoms with van der Waals surface area (Å²) in [5.41, 5.74) is 0.261. The summed E-state index contributed by atoms with van der Waals surface area (Å²) in [4.78, 5) is 9.77. The maximum Gasteiger partial charge on any atom is 0.311 e. The Labute approximate surface area is 72.0 Å². The van der Waals surface area contributed by atoms with Crippen LogP contribution in [0.4, 0.5) is 5.69 Å². The molecular weight excluding hydrogens is 174 g/mol. The lowest BCUT2D eigenvalue weighted by molar-refractivity contribution is -0.385. The van der Waals surface area contributed by atoms with Crippen molar-refractivity contribution in [3.8, 4) is 5.75 Å². The van der Waals surface area contributed by atoms with Gasteiger partial charge in [0, 0.05) is 17.5 Å². The first kappa shape index (κ1) is 7.53. The van der Waals surface area contributed by atoms with E-state index in [0.717, 1.165) is 0 Å². The van der Waals surface area contributed by atoms with Gasteiger partial charge in [-0.1, -0.05) is 0 Å². The van der Waals surface area contributed by atoms with Crippen LogP contribution < -0.4 is 0 Å². The number of nitrogens with one attached hydrogen (secondary N) is 1. The highest BCUT2D eigenvalue weighted by molar-refractivity contribution is 5.83. The molecule has 0 aliphatic heterocycles. The molecule has 2 N–H and O–H groups in total. The summed E-state index contributed by atoms with van der Waals surface area (Å²) >= 11 is 0. The van der Waals surface area contributed by atoms with Gasteiger partial charge in [0.15, 0.2) is 5.75 Å². The van der Waals surface area contributed by atoms with Crippen molar-refractivity contribution in [2.45, 2.75) is 0 Å². The third kappa shape index (κ3) is 1.08. The summed E-state index contributed by atoms with van der Waals surface area (Å²) in [5, 5.41) is 26.5. The molecule has 0 amide bonds. The zero-order valence-electron chi connectivity index (χ0n) is 6.39. The van der Waals surface area contributed by atoms with E-state index in [1.54, 1.807) is 0 Å². The minimum Gasteiger partial charge on any atom is -0.502 e. The smallest absolute Gasteiger partial charge is 0.311 e. The Morgan fingerprint density at radius 3 is 3.00 bits per heavy atom. The fourth-order valence-corrected chi connectivity index (χ4v) is 1.11. The van der Waals surface area contributed by atoms with Gasteiger partial charge in [-0.15, -0.1) is 0 Å². The van der Waals surface area contributed by atoms with Crippen molar-refractivity contribution in [3.05, 3.63) is 28.4 Å². The number of fused-ring (bicyclic) bond motifs is 1. The van der Waals surface area contributed by atoms with Gasteiger partial charge in [0.25, 0.3) is 0 Å². The quantitative estimate of drug-likeness (QED) is 0.507. The van der Waals surface area contributed by atoms with Crippen LogP contribution in [-0.2, 0) is 0 Å². The van der Waals surface area contributed by atoms with Crippen LogP contribution >= 0.6 is 0 Å². The number of H-pyrrole nitrogens is 1. The predicted octanol–water partition coefficient (Wildman–Crippen LogP) is 1.18. The lowest BCUT2D eigenvalue weighted by Gasteiger charge is -1.94. The SMILES string of the molecule is O=[N+]([O-])c1cc2cn[nH]c2cc1O. The van der Waals surface area contributed by atoms with Gasteiger partial charge in [-0.25, -0.2) is 0 Å². The molecule has 0 fully saturated rings. The lowest BCUT2D eigenvalue weighted by atomic mass is 10.2. The number of hydrogen-bond donors (Lipinski definition) is 2. The molecular formula is C7H5N3O3. The van der Waals surface area contributed by atoms with Crippen LogP contribution in [0.2, 0.25) is 0 Å². The van der Waals surface area contributed by atoms with Crippen molar-refractivity contribution < 1.29 is 10.0 Å². The van der Waals surface area contributed by atoms with E-state index >= 15 is 0 Å². The average Bonchev–Trinajstić information content (AvgIpc) is 2.48. The molecule has 0 atom stereocenters. The molecule has 0 bridgehead atoms. The number of aromatic hydroxyl groups is 1. The van der Waals surface area contributed by atoms with Crippen molar-refractivity contribution in [2.24, 2.45) is 0 Å². The van der Waals surface area contributed by atoms with Gasteiger partial charge in [0.1, 0.15) is 0 Å². The van der Waals surface area contributed by atoms with E-state index < -0.39 is 4.92 Å². The van der Waals surface area contributed by atoms with Gasteiger partial charge < -0.3 is 5.11 Å². The summed E-state index contributed by atoms with van der Waals surface area (Å²) in [6, 6.07) is 2.55. The van der Waals surface area contributed by atoms with Crippen molar-refractivity contribution in [3.63, 3.8) is 0 Å². The maximum absolute atomic E-state index is 10.4. The average molecular weight is 179 g/mol. The molecule has 6 heteroatoms. The van der Waals surface area contributed by atoms with Gasteiger partial charge in [-0.3, -0.25) is 15.2 Å². The standard InChI is InChI=1S/C7H5N3O3/c11-7-2-5-4(3-8-9-5)1-6(7)10(12)13/h1-3,11H,(H,8,9). The van der Waals surface area contributed by atoms with E-state index in [2.05, 4.69) is 10.2 Å². The third-order valence-electron chi connectivity index (χ3n) is 1.73. The second-order valence-electron chi connectivity index (χ2n) is 2.56. The van der Waals surface area contributed by atoms with E-state index in [4.69, 9.17) is 0 Å². The van der Waals surface area contributed by atoms with Crippen molar-refractivity contribution in [1.82, 2.24) is 10.2 Å². The minimum atomic E-state index is -0.637. The molecule has 2 aromatic rings. The summed E-state index contributed by atoms with van der Waals surface area (Å²) in [6.45, 7) is 0. The normalized spacial score (nSPS) is 10.5. The van der Waals surface area contributed by atoms with Crippen molar-refractivity contribution in [1.29, 1.82) is 0 Å². The highest BCUT2D eigenvalue weighted by Gasteiger charge is 2.14. The third-order valence-corrected chi connectivity index (χ3v) is 1.73. The van der Waals surface area contributed by atoms with Gasteiger partial charge in [-0.2, -0.15) is 5.10 Å². The Kier molecular flexibility index (Phi) is 1.42. The molecule has 0 saturated heterocycles. The van der Waals surface area contributed by atoms with Crippen LogP contribution in [-0.4, -0.2) is 20.2 Å². The topological polar surface area (TPSA) is 92.0 Å². The Morgan fingerprint density at radius 2 is 2.31 bits per heavy atom. The molecule has 1 heterocycles. The van der Waals surface area contributed by atoms with E-state index in [1.807, 2.05) is 0 Å². The molecule has 1 aromatic carbocycles. The fourth-order valence-electron chi connectivity index (χ4n) is 1.11. The Hall–Kier alpha value is -2.11. The number of benzene rings is 1. The van der Waals surface area contributed by atoms with Crippen LogP contribution in [0.5, 0.6) is 5.75 Å². The predicted molar refractivity (Wildman–Crippen MR) is 44.4 cm³/mol. The zero-order chi connectivity index (χ0) is 9.42. The molecule has 0 unspecified atom stereocenters. The van der Waals surface area contributed by atoms with Crippen LogP contribution in [0, 0.1) is 10.1 Å². The minimum absolute atomic E-state index is 0.311. The second-order valence-corrected chi connectivity index (χ2v) is 2.56. The Morgan fingerprint density at radius 1 is 1.54 bits per heavy atom. The monoisotopic (exact) mass is 179 g/mol. The molecule has 0 saturated carbocycles. The Bertz CT molecular complexity index is 477. The molecule has 66 valence electrons. The van der Waals surface area contributed by atoms with Crippen LogP contribution in [0.15, 0.2) is 18.3 Å². The largest absolute Gasteiger partial charge is 0.502 e. The number of nitro groups is 1. The first-order valence-electron chi connectivity index (χ1n) is 3.49. The maximum atomic E-state index is 10.4. The molecule has 1 aromatic heterocycles. The molecule has 0 radical (unpaired) electrons. The number of hydrogen-bond acceptors (Lipinski definition) is 4. The molecule has 0 aliphatic carbocycles. The summed E-state index contributed by atoms with van der Waals surface area (Å²) in [7, 11) is 0. The molecule has 2 rings (SSSR count). The highest BCUT2D eigenvalue weighted by Crippen LogP contribution is 2.29. The number of nitrogens with zero attached hydrogens (tertiary/aromatic N) is 2. The molecule has 13 heavy (non-hydrogen) atoms. The van der Waals surface area contributed by atoms with E-state index in [9.17, 15) is 15.2 Å². The first-order valence-corrected chi connectivity index (χ1v) is 3.49. The van der Waals surface area contributed by atoms with E-state index in [-0.39, 0.29) is 11.4 Å². The summed E-state index contributed by atoms with van der Waals surface area (Å²) in [5.74, 6) is -0.359. The second kappa shape index (κ2) is 2.44. The lowest BCUT2D eigenvalue weighted by Crippen LogP contribution is -1.87. The fraction of sp³-hybridized carbons (Fsp3) is 0. The van der Waals surface area contributed by atoms with E-state index in [1.165, 1.54) is 18.3 Å². The number of aromatic nitrogens is 2. The van der Waals surface area contributed by atoms with Crippen LogP contribution in [0.3, 0.4) is 0 Å². The van der Waals surface area contributed by atoms with Crippen LogP contribution in [0.1, 0.15) is 0 Å². The zero-order valence-corrected chi connectivity index (χ0v) is 6.39. The van der Waals surface area contributed by atoms with Crippen molar-refractivity contribution >= 4 is 16.6 Å². The van der Waals surface area contributed by atoms with Gasteiger partial charge in [0.2, 0.25) is 0 Å². The molecule has 0 aliphatic rings. The number of phenols is 1. The first-order chi connectivity index (χ1) is 6.18. The number of rotatable bonds is 1. The molecule has 6 nitrogen and oxygen atoms in total. The van der Waals surface area contributed by atoms with Gasteiger partial charge >= 0.3 is 5.69 Å². The Balaban J connectivity index is 2.76. The highest BCUT2D eigenvalue weighted by atomic mass is 16.6.